The van der Waals surface area contributed by atoms with Crippen molar-refractivity contribution in [2.45, 2.75) is 43.9 Å². The molecule has 2 aliphatic carbocycles. The Bertz CT molecular complexity index is 559. The van der Waals surface area contributed by atoms with Gasteiger partial charge in [0.25, 0.3) is 0 Å². The molecule has 0 aliphatic heterocycles. The van der Waals surface area contributed by atoms with Gasteiger partial charge in [0.2, 0.25) is 0 Å². The summed E-state index contributed by atoms with van der Waals surface area (Å²) in [5.74, 6) is -0.208. The highest BCUT2D eigenvalue weighted by Crippen LogP contribution is 2.50. The quantitative estimate of drug-likeness (QED) is 0.484. The number of ketones is 2. The van der Waals surface area contributed by atoms with Crippen molar-refractivity contribution in [1.82, 2.24) is 0 Å². The van der Waals surface area contributed by atoms with Crippen LogP contribution < -0.4 is 0 Å². The summed E-state index contributed by atoms with van der Waals surface area (Å²) in [4.78, 5) is 25.0. The first-order valence-electron chi connectivity index (χ1n) is 7.23. The highest BCUT2D eigenvalue weighted by molar-refractivity contribution is 9.12. The fourth-order valence-corrected chi connectivity index (χ4v) is 4.61. The van der Waals surface area contributed by atoms with Gasteiger partial charge in [0.15, 0.2) is 11.6 Å². The lowest BCUT2D eigenvalue weighted by Gasteiger charge is -2.44. The average Bonchev–Trinajstić information content (AvgIpc) is 2.39. The molecule has 0 heterocycles. The van der Waals surface area contributed by atoms with Crippen LogP contribution in [0.1, 0.15) is 39.5 Å². The molecule has 0 fully saturated rings. The zero-order valence-corrected chi connectivity index (χ0v) is 15.6. The van der Waals surface area contributed by atoms with Gasteiger partial charge in [-0.25, -0.2) is 0 Å². The molecule has 2 nitrogen and oxygen atoms in total. The Balaban J connectivity index is 2.31. The van der Waals surface area contributed by atoms with Crippen LogP contribution in [0.5, 0.6) is 0 Å². The molecule has 0 aromatic carbocycles. The van der Waals surface area contributed by atoms with Crippen LogP contribution >= 0.6 is 31.9 Å². The summed E-state index contributed by atoms with van der Waals surface area (Å²) < 4.78 is -0.362. The average molecular weight is 416 g/mol. The highest BCUT2D eigenvalue weighted by Gasteiger charge is 2.54. The first kappa shape index (κ1) is 16.9. The van der Waals surface area contributed by atoms with Crippen molar-refractivity contribution in [2.24, 2.45) is 11.8 Å². The number of allylic oxidation sites excluding steroid dienone is 5. The van der Waals surface area contributed by atoms with Crippen molar-refractivity contribution in [3.8, 4) is 0 Å². The largest absolute Gasteiger partial charge is 0.293 e. The first-order valence-corrected chi connectivity index (χ1v) is 8.81. The number of carbonyl (C=O) groups excluding carboxylic acids is 2. The molecule has 0 amide bonds. The van der Waals surface area contributed by atoms with Crippen LogP contribution in [0.3, 0.4) is 0 Å². The summed E-state index contributed by atoms with van der Waals surface area (Å²) in [6.07, 6.45) is 7.08. The van der Waals surface area contributed by atoms with Crippen LogP contribution in [0.2, 0.25) is 0 Å². The number of alkyl halides is 1. The number of hydrogen-bond acceptors (Lipinski definition) is 2. The monoisotopic (exact) mass is 414 g/mol. The predicted molar refractivity (Wildman–Crippen MR) is 92.7 cm³/mol. The molecule has 21 heavy (non-hydrogen) atoms. The van der Waals surface area contributed by atoms with E-state index in [2.05, 4.69) is 44.5 Å². The Kier molecular flexibility index (Phi) is 5.09. The van der Waals surface area contributed by atoms with Crippen molar-refractivity contribution in [3.05, 3.63) is 34.4 Å². The molecule has 0 aromatic heterocycles. The molecule has 3 atom stereocenters. The van der Waals surface area contributed by atoms with E-state index in [1.54, 1.807) is 0 Å². The van der Waals surface area contributed by atoms with Crippen LogP contribution in [0.25, 0.3) is 0 Å². The smallest absolute Gasteiger partial charge is 0.175 e. The second-order valence-corrected chi connectivity index (χ2v) is 8.38. The van der Waals surface area contributed by atoms with Gasteiger partial charge in [-0.05, 0) is 55.5 Å². The van der Waals surface area contributed by atoms with Gasteiger partial charge in [-0.2, -0.15) is 0 Å². The van der Waals surface area contributed by atoms with Crippen LogP contribution in [0, 0.1) is 11.8 Å². The first-order chi connectivity index (χ1) is 9.76. The topological polar surface area (TPSA) is 34.1 Å². The highest BCUT2D eigenvalue weighted by atomic mass is 79.9. The minimum Gasteiger partial charge on any atom is -0.293 e. The van der Waals surface area contributed by atoms with Crippen molar-refractivity contribution in [3.63, 3.8) is 0 Å². The van der Waals surface area contributed by atoms with E-state index in [1.165, 1.54) is 11.6 Å². The second kappa shape index (κ2) is 6.33. The number of rotatable bonds is 4. The lowest BCUT2D eigenvalue weighted by molar-refractivity contribution is -0.128. The number of halogens is 2. The second-order valence-electron chi connectivity index (χ2n) is 6.21. The third-order valence-electron chi connectivity index (χ3n) is 4.36. The molecule has 0 saturated heterocycles. The lowest BCUT2D eigenvalue weighted by Crippen LogP contribution is -2.53. The molecule has 2 rings (SSSR count). The Morgan fingerprint density at radius 2 is 2.14 bits per heavy atom. The number of fused-ring (bicyclic) bond motifs is 1. The predicted octanol–water partition coefficient (Wildman–Crippen LogP) is 4.88. The maximum absolute atomic E-state index is 12.6. The Hall–Kier alpha value is -0.480. The van der Waals surface area contributed by atoms with Gasteiger partial charge in [-0.15, -0.1) is 6.58 Å². The van der Waals surface area contributed by atoms with Gasteiger partial charge >= 0.3 is 0 Å². The van der Waals surface area contributed by atoms with E-state index in [0.717, 1.165) is 24.8 Å². The molecule has 0 N–H and O–H groups in total. The van der Waals surface area contributed by atoms with Gasteiger partial charge in [0.05, 0.1) is 4.48 Å². The molecular weight excluding hydrogens is 396 g/mol. The minimum atomic E-state index is -0.768. The fourth-order valence-electron chi connectivity index (χ4n) is 3.28. The molecule has 4 heteroatoms. The third kappa shape index (κ3) is 3.16. The van der Waals surface area contributed by atoms with E-state index in [-0.39, 0.29) is 23.4 Å². The summed E-state index contributed by atoms with van der Waals surface area (Å²) in [6.45, 7) is 7.99. The summed E-state index contributed by atoms with van der Waals surface area (Å²) >= 11 is 6.90. The summed E-state index contributed by atoms with van der Waals surface area (Å²) in [5, 5.41) is 0. The third-order valence-corrected chi connectivity index (χ3v) is 6.52. The lowest BCUT2D eigenvalue weighted by atomic mass is 9.66. The van der Waals surface area contributed by atoms with Crippen molar-refractivity contribution in [1.29, 1.82) is 0 Å². The van der Waals surface area contributed by atoms with E-state index in [9.17, 15) is 9.59 Å². The van der Waals surface area contributed by atoms with Crippen molar-refractivity contribution in [2.75, 3.05) is 0 Å². The minimum absolute atomic E-state index is 0.00282. The Morgan fingerprint density at radius 3 is 2.76 bits per heavy atom. The summed E-state index contributed by atoms with van der Waals surface area (Å²) in [7, 11) is 0. The van der Waals surface area contributed by atoms with Gasteiger partial charge in [-0.3, -0.25) is 9.59 Å². The molecule has 0 unspecified atom stereocenters. The molecule has 2 aliphatic rings. The van der Waals surface area contributed by atoms with Crippen molar-refractivity contribution < 1.29 is 9.59 Å². The molecule has 0 radical (unpaired) electrons. The van der Waals surface area contributed by atoms with E-state index in [4.69, 9.17) is 0 Å². The van der Waals surface area contributed by atoms with Crippen molar-refractivity contribution >= 4 is 43.4 Å². The summed E-state index contributed by atoms with van der Waals surface area (Å²) in [5.41, 5.74) is 2.35. The Morgan fingerprint density at radius 1 is 1.48 bits per heavy atom. The number of carbonyl (C=O) groups is 2. The number of hydrogen-bond donors (Lipinski definition) is 0. The van der Waals surface area contributed by atoms with Crippen LogP contribution in [-0.2, 0) is 9.59 Å². The van der Waals surface area contributed by atoms with Crippen LogP contribution in [-0.4, -0.2) is 15.9 Å². The normalized spacial score (nSPS) is 32.4. The maximum Gasteiger partial charge on any atom is 0.175 e. The van der Waals surface area contributed by atoms with Gasteiger partial charge in [0, 0.05) is 17.9 Å². The van der Waals surface area contributed by atoms with E-state index in [1.807, 2.05) is 13.8 Å². The number of Topliss-reactive ketones (excluding diaryl/α,β-unsaturated/α-hetero) is 1. The fraction of sp³-hybridized carbons (Fsp3) is 0.529. The van der Waals surface area contributed by atoms with Crippen LogP contribution in [0.4, 0.5) is 0 Å². The van der Waals surface area contributed by atoms with E-state index >= 15 is 0 Å². The summed E-state index contributed by atoms with van der Waals surface area (Å²) in [6, 6.07) is 0. The SMILES string of the molecule is C=C(C)CCC[C@H]1C=C(C)C[C@H]2C(=O)C(Br)=CC(=O)[C@@]12Br. The van der Waals surface area contributed by atoms with Gasteiger partial charge < -0.3 is 0 Å². The zero-order chi connectivity index (χ0) is 15.8. The maximum atomic E-state index is 12.6. The Labute approximate surface area is 143 Å². The van der Waals surface area contributed by atoms with Gasteiger partial charge in [0.1, 0.15) is 4.32 Å². The molecule has 0 saturated carbocycles. The molecule has 114 valence electrons. The molecular formula is C17H20Br2O2. The zero-order valence-electron chi connectivity index (χ0n) is 12.4. The molecule has 0 bridgehead atoms. The van der Waals surface area contributed by atoms with Crippen LogP contribution in [0.15, 0.2) is 34.4 Å². The van der Waals surface area contributed by atoms with E-state index < -0.39 is 4.32 Å². The standard InChI is InChI=1S/C17H20Br2O2/c1-10(2)5-4-6-12-7-11(3)8-13-16(21)14(18)9-15(20)17(12,13)19/h7,9,12-13H,1,4-6,8H2,2-3H3/t12-,13-,17+/m0/s1. The molecule has 0 aromatic rings. The van der Waals surface area contributed by atoms with E-state index in [0.29, 0.717) is 10.9 Å². The molecule has 0 spiro atoms. The van der Waals surface area contributed by atoms with Gasteiger partial charge in [-0.1, -0.05) is 33.2 Å².